The number of ether oxygens (including phenoxy) is 1. The molecule has 1 rings (SSSR count). The molecule has 11 heteroatoms. The molecular formula is C18H31N7O4. The van der Waals surface area contributed by atoms with Crippen molar-refractivity contribution < 1.29 is 14.6 Å². The summed E-state index contributed by atoms with van der Waals surface area (Å²) in [6.45, 7) is 6.16. The first kappa shape index (κ1) is 24.1. The largest absolute Gasteiger partial charge is 0.476 e. The molecular weight excluding hydrogens is 378 g/mol. The molecule has 0 fully saturated rings. The summed E-state index contributed by atoms with van der Waals surface area (Å²) in [7, 11) is 0. The minimum absolute atomic E-state index is 0.0942. The number of nitrogens with two attached hydrogens (primary N) is 3. The Morgan fingerprint density at radius 3 is 2.62 bits per heavy atom. The lowest BCUT2D eigenvalue weighted by molar-refractivity contribution is -0.611. The number of nitrogens with one attached hydrogen (secondary N) is 1. The lowest BCUT2D eigenvalue weighted by Gasteiger charge is -2.21. The number of amides is 1. The van der Waals surface area contributed by atoms with Crippen molar-refractivity contribution >= 4 is 17.7 Å². The van der Waals surface area contributed by atoms with Crippen molar-refractivity contribution in [2.24, 2.45) is 16.5 Å². The third kappa shape index (κ3) is 9.21. The van der Waals surface area contributed by atoms with Crippen LogP contribution < -0.4 is 22.5 Å². The number of carbonyl (C=O) groups excluding carboxylic acids is 1. The van der Waals surface area contributed by atoms with Gasteiger partial charge in [0.05, 0.1) is 0 Å². The van der Waals surface area contributed by atoms with Crippen LogP contribution in [0.25, 0.3) is 0 Å². The second kappa shape index (κ2) is 11.2. The maximum absolute atomic E-state index is 11.9. The van der Waals surface area contributed by atoms with E-state index in [2.05, 4.69) is 10.3 Å². The molecule has 0 saturated carbocycles. The molecule has 1 atom stereocenters. The number of guanidine groups is 1. The van der Waals surface area contributed by atoms with Crippen molar-refractivity contribution in [3.63, 3.8) is 0 Å². The maximum atomic E-state index is 11.9. The van der Waals surface area contributed by atoms with Crippen molar-refractivity contribution in [1.29, 1.82) is 0 Å². The number of hydrogen-bond donors (Lipinski definition) is 4. The number of nitrogen functional groups attached to an aromatic ring is 1. The number of para-hydroxylation sites is 1. The summed E-state index contributed by atoms with van der Waals surface area (Å²) in [6, 6.07) is 7.44. The Labute approximate surface area is 170 Å². The molecule has 0 saturated heterocycles. The molecule has 1 aromatic carbocycles. The fraction of sp³-hybridized carbons (Fsp3) is 0.556. The van der Waals surface area contributed by atoms with E-state index >= 15 is 0 Å². The summed E-state index contributed by atoms with van der Waals surface area (Å²) in [4.78, 5) is 26.9. The van der Waals surface area contributed by atoms with E-state index < -0.39 is 22.7 Å². The van der Waals surface area contributed by atoms with E-state index in [9.17, 15) is 14.9 Å². The van der Waals surface area contributed by atoms with Gasteiger partial charge in [0.25, 0.3) is 5.96 Å². The van der Waals surface area contributed by atoms with Crippen LogP contribution in [-0.4, -0.2) is 46.8 Å². The number of aliphatic imine (C=N–C) groups is 1. The summed E-state index contributed by atoms with van der Waals surface area (Å²) in [5.74, 6) is -0.532. The van der Waals surface area contributed by atoms with Crippen LogP contribution in [0.5, 0.6) is 0 Å². The van der Waals surface area contributed by atoms with Crippen molar-refractivity contribution in [3.05, 3.63) is 39.9 Å². The Hall–Kier alpha value is -2.92. The fourth-order valence-corrected chi connectivity index (χ4v) is 2.35. The normalized spacial score (nSPS) is 13.0. The van der Waals surface area contributed by atoms with Gasteiger partial charge in [0.2, 0.25) is 0 Å². The first-order valence-corrected chi connectivity index (χ1v) is 9.28. The van der Waals surface area contributed by atoms with E-state index in [0.717, 1.165) is 11.3 Å². The van der Waals surface area contributed by atoms with Gasteiger partial charge < -0.3 is 27.3 Å². The predicted octanol–water partition coefficient (Wildman–Crippen LogP) is 1.21. The molecule has 0 aromatic heterocycles. The maximum Gasteiger partial charge on any atom is 0.476 e. The first-order chi connectivity index (χ1) is 13.5. The van der Waals surface area contributed by atoms with Gasteiger partial charge in [-0.3, -0.25) is 0 Å². The number of anilines is 1. The zero-order chi connectivity index (χ0) is 22.0. The Morgan fingerprint density at radius 1 is 1.38 bits per heavy atom. The van der Waals surface area contributed by atoms with Crippen molar-refractivity contribution in [1.82, 2.24) is 10.3 Å². The van der Waals surface area contributed by atoms with E-state index in [-0.39, 0.29) is 17.6 Å². The monoisotopic (exact) mass is 409 g/mol. The SMILES string of the molecule is CC(C)(C)OC(=O)N(C(N)=NCCC[C@H](N)CNCc1ccccc1N)[N+](=O)[O-]. The highest BCUT2D eigenvalue weighted by Gasteiger charge is 2.33. The van der Waals surface area contributed by atoms with Gasteiger partial charge in [-0.05, 0) is 45.2 Å². The third-order valence-corrected chi connectivity index (χ3v) is 3.73. The van der Waals surface area contributed by atoms with Gasteiger partial charge in [-0.15, -0.1) is 0 Å². The molecule has 0 spiro atoms. The van der Waals surface area contributed by atoms with Crippen LogP contribution in [0.2, 0.25) is 0 Å². The number of nitro groups is 1. The minimum atomic E-state index is -1.19. The third-order valence-electron chi connectivity index (χ3n) is 3.73. The molecule has 11 nitrogen and oxygen atoms in total. The van der Waals surface area contributed by atoms with E-state index in [1.54, 1.807) is 20.8 Å². The Bertz CT molecular complexity index is 718. The van der Waals surface area contributed by atoms with Gasteiger partial charge in [-0.25, -0.2) is 19.9 Å². The number of carbonyl (C=O) groups is 1. The van der Waals surface area contributed by atoms with Crippen molar-refractivity contribution in [3.8, 4) is 0 Å². The summed E-state index contributed by atoms with van der Waals surface area (Å²) in [5.41, 5.74) is 18.4. The molecule has 162 valence electrons. The minimum Gasteiger partial charge on any atom is -0.440 e. The number of hydrazine groups is 1. The summed E-state index contributed by atoms with van der Waals surface area (Å²) >= 11 is 0. The number of hydrogen-bond acceptors (Lipinski definition) is 8. The molecule has 0 aliphatic heterocycles. The van der Waals surface area contributed by atoms with Gasteiger partial charge in [-0.1, -0.05) is 18.2 Å². The van der Waals surface area contributed by atoms with Crippen LogP contribution in [0.3, 0.4) is 0 Å². The average molecular weight is 409 g/mol. The Kier molecular flexibility index (Phi) is 9.29. The number of benzene rings is 1. The average Bonchev–Trinajstić information content (AvgIpc) is 2.58. The van der Waals surface area contributed by atoms with Crippen molar-refractivity contribution in [2.45, 2.75) is 51.8 Å². The Balaban J connectivity index is 2.41. The smallest absolute Gasteiger partial charge is 0.440 e. The molecule has 0 radical (unpaired) electrons. The highest BCUT2D eigenvalue weighted by molar-refractivity contribution is 5.91. The van der Waals surface area contributed by atoms with Gasteiger partial charge in [0, 0.05) is 36.4 Å². The molecule has 0 aliphatic carbocycles. The first-order valence-electron chi connectivity index (χ1n) is 9.28. The topological polar surface area (TPSA) is 175 Å². The molecule has 1 amide bonds. The quantitative estimate of drug-likeness (QED) is 0.117. The van der Waals surface area contributed by atoms with Crippen molar-refractivity contribution in [2.75, 3.05) is 18.8 Å². The standard InChI is InChI=1S/C18H31N7O4/c1-18(2,3)29-17(26)24(25(27)28)16(21)23-10-6-8-14(19)12-22-11-13-7-4-5-9-15(13)20/h4-5,7,9,14,22H,6,8,10-12,19-20H2,1-3H3,(H2,21,23)/t14-/m0/s1. The molecule has 0 bridgehead atoms. The molecule has 7 N–H and O–H groups in total. The van der Waals surface area contributed by atoms with Gasteiger partial charge in [0.15, 0.2) is 5.03 Å². The Morgan fingerprint density at radius 2 is 2.03 bits per heavy atom. The molecule has 0 heterocycles. The van der Waals surface area contributed by atoms with Crippen LogP contribution in [0.1, 0.15) is 39.2 Å². The lowest BCUT2D eigenvalue weighted by atomic mass is 10.1. The van der Waals surface area contributed by atoms with E-state index in [4.69, 9.17) is 21.9 Å². The second-order valence-corrected chi connectivity index (χ2v) is 7.50. The fourth-order valence-electron chi connectivity index (χ4n) is 2.35. The van der Waals surface area contributed by atoms with Crippen LogP contribution >= 0.6 is 0 Å². The molecule has 29 heavy (non-hydrogen) atoms. The molecule has 0 unspecified atom stereocenters. The van der Waals surface area contributed by atoms with Crippen LogP contribution in [0.15, 0.2) is 29.3 Å². The predicted molar refractivity (Wildman–Crippen MR) is 111 cm³/mol. The van der Waals surface area contributed by atoms with Gasteiger partial charge in [-0.2, -0.15) is 0 Å². The zero-order valence-corrected chi connectivity index (χ0v) is 17.1. The van der Waals surface area contributed by atoms with E-state index in [0.29, 0.717) is 25.9 Å². The number of nitrogens with zero attached hydrogens (tertiary/aromatic N) is 3. The van der Waals surface area contributed by atoms with Crippen LogP contribution in [0, 0.1) is 10.1 Å². The summed E-state index contributed by atoms with van der Waals surface area (Å²) in [5, 5.41) is 13.5. The molecule has 1 aromatic rings. The second-order valence-electron chi connectivity index (χ2n) is 7.50. The van der Waals surface area contributed by atoms with Gasteiger partial charge in [0.1, 0.15) is 5.60 Å². The highest BCUT2D eigenvalue weighted by atomic mass is 16.7. The zero-order valence-electron chi connectivity index (χ0n) is 17.1. The van der Waals surface area contributed by atoms with E-state index in [1.807, 2.05) is 24.3 Å². The van der Waals surface area contributed by atoms with Crippen LogP contribution in [-0.2, 0) is 11.3 Å². The molecule has 0 aliphatic rings. The highest BCUT2D eigenvalue weighted by Crippen LogP contribution is 2.11. The van der Waals surface area contributed by atoms with E-state index in [1.165, 1.54) is 0 Å². The summed E-state index contributed by atoms with van der Waals surface area (Å²) in [6.07, 6.45) is -0.0135. The lowest BCUT2D eigenvalue weighted by Crippen LogP contribution is -2.48. The number of rotatable bonds is 9. The van der Waals surface area contributed by atoms with Crippen LogP contribution in [0.4, 0.5) is 10.5 Å². The van der Waals surface area contributed by atoms with Gasteiger partial charge >= 0.3 is 6.09 Å². The summed E-state index contributed by atoms with van der Waals surface area (Å²) < 4.78 is 4.96.